The molecule has 0 aliphatic carbocycles. The van der Waals surface area contributed by atoms with Gasteiger partial charge in [0.2, 0.25) is 0 Å². The van der Waals surface area contributed by atoms with E-state index in [-0.39, 0.29) is 11.1 Å². The van der Waals surface area contributed by atoms with Crippen LogP contribution in [0.4, 0.5) is 4.39 Å². The van der Waals surface area contributed by atoms with Crippen molar-refractivity contribution in [1.82, 2.24) is 0 Å². The molecule has 0 radical (unpaired) electrons. The maximum atomic E-state index is 13.1. The maximum Gasteiger partial charge on any atom is 0.307 e. The first-order chi connectivity index (χ1) is 6.56. The Morgan fingerprint density at radius 2 is 2.29 bits per heavy atom. The van der Waals surface area contributed by atoms with Gasteiger partial charge in [-0.3, -0.25) is 4.79 Å². The summed E-state index contributed by atoms with van der Waals surface area (Å²) in [5.41, 5.74) is -0.0539. The first-order valence-corrected chi connectivity index (χ1v) is 4.44. The van der Waals surface area contributed by atoms with E-state index < -0.39 is 18.2 Å². The van der Waals surface area contributed by atoms with Crippen LogP contribution in [-0.2, 0) is 11.2 Å². The summed E-state index contributed by atoms with van der Waals surface area (Å²) in [5.74, 6) is -1.84. The van der Waals surface area contributed by atoms with Crippen molar-refractivity contribution >= 4 is 21.9 Å². The Kier molecular flexibility index (Phi) is 3.20. The molecule has 0 heterocycles. The average Bonchev–Trinajstić information content (AvgIpc) is 2.11. The van der Waals surface area contributed by atoms with Crippen molar-refractivity contribution in [2.24, 2.45) is 0 Å². The van der Waals surface area contributed by atoms with Crippen LogP contribution in [-0.4, -0.2) is 11.1 Å². The monoisotopic (exact) mass is 257 g/mol. The minimum Gasteiger partial charge on any atom is -0.481 e. The molecule has 0 saturated heterocycles. The summed E-state index contributed by atoms with van der Waals surface area (Å²) in [6, 6.07) is 4.26. The summed E-state index contributed by atoms with van der Waals surface area (Å²) < 4.78 is 13.5. The summed E-state index contributed by atoms with van der Waals surface area (Å²) in [6.07, 6.45) is -0.492. The molecule has 0 aromatic heterocycles. The lowest BCUT2D eigenvalue weighted by Gasteiger charge is -2.03. The van der Waals surface area contributed by atoms with Crippen molar-refractivity contribution in [1.29, 1.82) is 5.26 Å². The molecule has 0 spiro atoms. The predicted molar refractivity (Wildman–Crippen MR) is 50.2 cm³/mol. The van der Waals surface area contributed by atoms with Crippen LogP contribution in [0.5, 0.6) is 0 Å². The smallest absolute Gasteiger partial charge is 0.307 e. The van der Waals surface area contributed by atoms with Crippen LogP contribution in [0.25, 0.3) is 0 Å². The van der Waals surface area contributed by atoms with Crippen molar-refractivity contribution in [3.8, 4) is 6.07 Å². The van der Waals surface area contributed by atoms with Crippen LogP contribution in [0.15, 0.2) is 16.6 Å². The third-order valence-corrected chi connectivity index (χ3v) is 2.31. The van der Waals surface area contributed by atoms with Gasteiger partial charge >= 0.3 is 5.97 Å². The van der Waals surface area contributed by atoms with Crippen molar-refractivity contribution in [2.45, 2.75) is 6.42 Å². The summed E-state index contributed by atoms with van der Waals surface area (Å²) in [5, 5.41) is 17.2. The van der Waals surface area contributed by atoms with Crippen molar-refractivity contribution in [3.05, 3.63) is 33.5 Å². The fourth-order valence-corrected chi connectivity index (χ4v) is 1.50. The standard InChI is InChI=1S/C9H5BrFNO2/c10-7-1-2-8(11)5(3-9(13)14)6(7)4-12/h1-2H,3H2,(H,13,14). The van der Waals surface area contributed by atoms with Crippen LogP contribution in [0.2, 0.25) is 0 Å². The second-order valence-electron chi connectivity index (χ2n) is 2.57. The number of carbonyl (C=O) groups is 1. The number of rotatable bonds is 2. The number of nitrogens with zero attached hydrogens (tertiary/aromatic N) is 1. The summed E-state index contributed by atoms with van der Waals surface area (Å²) >= 11 is 3.05. The quantitative estimate of drug-likeness (QED) is 0.883. The van der Waals surface area contributed by atoms with Gasteiger partial charge in [0.25, 0.3) is 0 Å². The number of carboxylic acids is 1. The molecule has 0 amide bonds. The molecule has 1 rings (SSSR count). The zero-order chi connectivity index (χ0) is 10.7. The predicted octanol–water partition coefficient (Wildman–Crippen LogP) is 2.09. The number of carboxylic acid groups (broad SMARTS) is 1. The molecule has 1 aromatic carbocycles. The van der Waals surface area contributed by atoms with Crippen LogP contribution < -0.4 is 0 Å². The second-order valence-corrected chi connectivity index (χ2v) is 3.42. The number of nitriles is 1. The highest BCUT2D eigenvalue weighted by Gasteiger charge is 2.14. The van der Waals surface area contributed by atoms with E-state index in [0.29, 0.717) is 4.47 Å². The summed E-state index contributed by atoms with van der Waals surface area (Å²) in [6.45, 7) is 0. The first kappa shape index (κ1) is 10.7. The first-order valence-electron chi connectivity index (χ1n) is 3.65. The lowest BCUT2D eigenvalue weighted by atomic mass is 10.1. The average molecular weight is 258 g/mol. The molecule has 0 bridgehead atoms. The van der Waals surface area contributed by atoms with Gasteiger partial charge in [0.15, 0.2) is 0 Å². The molecule has 0 atom stereocenters. The molecule has 5 heteroatoms. The van der Waals surface area contributed by atoms with Gasteiger partial charge < -0.3 is 5.11 Å². The topological polar surface area (TPSA) is 61.1 Å². The highest BCUT2D eigenvalue weighted by atomic mass is 79.9. The molecule has 0 aliphatic heterocycles. The Morgan fingerprint density at radius 1 is 1.64 bits per heavy atom. The Morgan fingerprint density at radius 3 is 2.79 bits per heavy atom. The molecular formula is C9H5BrFNO2. The Hall–Kier alpha value is -1.41. The van der Waals surface area contributed by atoms with E-state index in [1.54, 1.807) is 6.07 Å². The van der Waals surface area contributed by atoms with E-state index in [1.807, 2.05) is 0 Å². The van der Waals surface area contributed by atoms with Crippen LogP contribution >= 0.6 is 15.9 Å². The van der Waals surface area contributed by atoms with E-state index in [1.165, 1.54) is 6.07 Å². The molecule has 0 saturated carbocycles. The van der Waals surface area contributed by atoms with Crippen LogP contribution in [0.1, 0.15) is 11.1 Å². The lowest BCUT2D eigenvalue weighted by molar-refractivity contribution is -0.136. The normalized spacial score (nSPS) is 9.50. The Labute approximate surface area is 87.9 Å². The van der Waals surface area contributed by atoms with E-state index in [4.69, 9.17) is 10.4 Å². The number of aliphatic carboxylic acids is 1. The highest BCUT2D eigenvalue weighted by Crippen LogP contribution is 2.22. The molecule has 0 fully saturated rings. The molecule has 0 unspecified atom stereocenters. The minimum atomic E-state index is -1.17. The SMILES string of the molecule is N#Cc1c(Br)ccc(F)c1CC(=O)O. The van der Waals surface area contributed by atoms with Gasteiger partial charge in [-0.1, -0.05) is 0 Å². The van der Waals surface area contributed by atoms with Crippen LogP contribution in [0.3, 0.4) is 0 Å². The summed E-state index contributed by atoms with van der Waals surface area (Å²) in [4.78, 5) is 10.4. The van der Waals surface area contributed by atoms with Gasteiger partial charge in [-0.15, -0.1) is 0 Å². The molecule has 0 aliphatic rings. The summed E-state index contributed by atoms with van der Waals surface area (Å²) in [7, 11) is 0. The van der Waals surface area contributed by atoms with Crippen molar-refractivity contribution in [2.75, 3.05) is 0 Å². The van der Waals surface area contributed by atoms with Gasteiger partial charge in [0.1, 0.15) is 11.9 Å². The number of hydrogen-bond acceptors (Lipinski definition) is 2. The molecule has 14 heavy (non-hydrogen) atoms. The number of benzene rings is 1. The molecule has 1 N–H and O–H groups in total. The zero-order valence-electron chi connectivity index (χ0n) is 6.92. The largest absolute Gasteiger partial charge is 0.481 e. The fourth-order valence-electron chi connectivity index (χ4n) is 1.04. The molecule has 3 nitrogen and oxygen atoms in total. The number of halogens is 2. The number of hydrogen-bond donors (Lipinski definition) is 1. The minimum absolute atomic E-state index is 0.0346. The third kappa shape index (κ3) is 2.09. The zero-order valence-corrected chi connectivity index (χ0v) is 8.51. The van der Waals surface area contributed by atoms with E-state index in [2.05, 4.69) is 15.9 Å². The fraction of sp³-hybridized carbons (Fsp3) is 0.111. The van der Waals surface area contributed by atoms with Gasteiger partial charge in [0, 0.05) is 10.0 Å². The maximum absolute atomic E-state index is 13.1. The second kappa shape index (κ2) is 4.20. The lowest BCUT2D eigenvalue weighted by Crippen LogP contribution is -2.05. The Bertz CT molecular complexity index is 426. The molecule has 72 valence electrons. The van der Waals surface area contributed by atoms with Crippen molar-refractivity contribution in [3.63, 3.8) is 0 Å². The van der Waals surface area contributed by atoms with Crippen LogP contribution in [0, 0.1) is 17.1 Å². The third-order valence-electron chi connectivity index (χ3n) is 1.64. The highest BCUT2D eigenvalue weighted by molar-refractivity contribution is 9.10. The Balaban J connectivity index is 3.31. The van der Waals surface area contributed by atoms with E-state index in [0.717, 1.165) is 6.07 Å². The van der Waals surface area contributed by atoms with E-state index >= 15 is 0 Å². The van der Waals surface area contributed by atoms with Crippen molar-refractivity contribution < 1.29 is 14.3 Å². The molecular weight excluding hydrogens is 253 g/mol. The van der Waals surface area contributed by atoms with Gasteiger partial charge in [-0.05, 0) is 28.1 Å². The van der Waals surface area contributed by atoms with Gasteiger partial charge in [0.05, 0.1) is 12.0 Å². The van der Waals surface area contributed by atoms with Gasteiger partial charge in [-0.2, -0.15) is 5.26 Å². The van der Waals surface area contributed by atoms with Gasteiger partial charge in [-0.25, -0.2) is 4.39 Å². The molecule has 1 aromatic rings. The van der Waals surface area contributed by atoms with E-state index in [9.17, 15) is 9.18 Å².